The van der Waals surface area contributed by atoms with Gasteiger partial charge in [-0.3, -0.25) is 9.78 Å². The average Bonchev–Trinajstić information content (AvgIpc) is 2.80. The minimum atomic E-state index is -4.62. The van der Waals surface area contributed by atoms with E-state index in [1.54, 1.807) is 35.2 Å². The number of piperidine rings is 1. The summed E-state index contributed by atoms with van der Waals surface area (Å²) in [6, 6.07) is 10.5. The molecule has 0 bridgehead atoms. The fraction of sp³-hybridized carbons (Fsp3) is 0.273. The average molecular weight is 443 g/mol. The van der Waals surface area contributed by atoms with E-state index in [1.807, 2.05) is 0 Å². The number of hydrogen-bond acceptors (Lipinski definition) is 6. The van der Waals surface area contributed by atoms with Crippen molar-refractivity contribution in [2.45, 2.75) is 19.0 Å². The van der Waals surface area contributed by atoms with Crippen molar-refractivity contribution < 1.29 is 23.1 Å². The van der Waals surface area contributed by atoms with Gasteiger partial charge in [0.2, 0.25) is 5.91 Å². The number of anilines is 2. The zero-order valence-electron chi connectivity index (χ0n) is 16.9. The summed E-state index contributed by atoms with van der Waals surface area (Å²) >= 11 is 0. The first-order valence-electron chi connectivity index (χ1n) is 10.0. The van der Waals surface area contributed by atoms with Gasteiger partial charge in [-0.15, -0.1) is 0 Å². The highest BCUT2D eigenvalue weighted by Gasteiger charge is 2.35. The second-order valence-electron chi connectivity index (χ2n) is 7.44. The molecule has 0 spiro atoms. The smallest absolute Gasteiger partial charge is 0.433 e. The number of pyridine rings is 1. The monoisotopic (exact) mass is 443 g/mol. The summed E-state index contributed by atoms with van der Waals surface area (Å²) in [6.45, 7) is 0.728. The van der Waals surface area contributed by atoms with Gasteiger partial charge in [0.1, 0.15) is 11.6 Å². The number of carbonyl (C=O) groups is 1. The van der Waals surface area contributed by atoms with E-state index in [9.17, 15) is 23.1 Å². The van der Waals surface area contributed by atoms with Gasteiger partial charge in [0.25, 0.3) is 0 Å². The molecule has 2 aromatic heterocycles. The van der Waals surface area contributed by atoms with Crippen molar-refractivity contribution in [2.75, 3.05) is 23.3 Å². The van der Waals surface area contributed by atoms with Gasteiger partial charge in [-0.25, -0.2) is 9.97 Å². The number of amides is 1. The van der Waals surface area contributed by atoms with Gasteiger partial charge in [0, 0.05) is 43.0 Å². The number of para-hydroxylation sites is 2. The molecule has 1 aliphatic heterocycles. The van der Waals surface area contributed by atoms with E-state index in [2.05, 4.69) is 20.3 Å². The fourth-order valence-corrected chi connectivity index (χ4v) is 3.56. The maximum Gasteiger partial charge on any atom is 0.433 e. The molecule has 3 heterocycles. The molecule has 0 aliphatic carbocycles. The van der Waals surface area contributed by atoms with Crippen molar-refractivity contribution in [1.29, 1.82) is 0 Å². The van der Waals surface area contributed by atoms with E-state index < -0.39 is 11.9 Å². The van der Waals surface area contributed by atoms with Gasteiger partial charge in [-0.05, 0) is 37.1 Å². The minimum absolute atomic E-state index is 0.0254. The number of nitrogens with zero attached hydrogens (tertiary/aromatic N) is 4. The van der Waals surface area contributed by atoms with E-state index in [0.29, 0.717) is 37.2 Å². The summed E-state index contributed by atoms with van der Waals surface area (Å²) in [7, 11) is 0. The van der Waals surface area contributed by atoms with Gasteiger partial charge in [0.15, 0.2) is 11.5 Å². The largest absolute Gasteiger partial charge is 0.506 e. The molecule has 2 N–H and O–H groups in total. The van der Waals surface area contributed by atoms with Crippen LogP contribution in [0.5, 0.6) is 5.75 Å². The van der Waals surface area contributed by atoms with Crippen LogP contribution in [-0.2, 0) is 11.0 Å². The summed E-state index contributed by atoms with van der Waals surface area (Å²) in [5.74, 6) is -0.449. The Morgan fingerprint density at radius 1 is 1.06 bits per heavy atom. The Kier molecular flexibility index (Phi) is 5.93. The van der Waals surface area contributed by atoms with Gasteiger partial charge in [0.05, 0.1) is 5.69 Å². The lowest BCUT2D eigenvalue weighted by atomic mass is 9.95. The molecule has 1 aliphatic rings. The quantitative estimate of drug-likeness (QED) is 0.590. The molecule has 166 valence electrons. The molecular weight excluding hydrogens is 423 g/mol. The number of aromatic hydroxyl groups is 1. The molecule has 7 nitrogen and oxygen atoms in total. The molecule has 0 atom stereocenters. The van der Waals surface area contributed by atoms with Crippen molar-refractivity contribution in [3.8, 4) is 17.1 Å². The van der Waals surface area contributed by atoms with Crippen LogP contribution in [0, 0.1) is 5.92 Å². The second-order valence-corrected chi connectivity index (χ2v) is 7.44. The second kappa shape index (κ2) is 8.81. The lowest BCUT2D eigenvalue weighted by molar-refractivity contribution is -0.141. The van der Waals surface area contributed by atoms with Crippen LogP contribution in [0.3, 0.4) is 0 Å². The molecule has 3 aromatic rings. The van der Waals surface area contributed by atoms with Crippen LogP contribution in [0.2, 0.25) is 0 Å². The summed E-state index contributed by atoms with van der Waals surface area (Å²) in [5.41, 5.74) is -0.259. The van der Waals surface area contributed by atoms with Crippen LogP contribution >= 0.6 is 0 Å². The molecule has 10 heteroatoms. The predicted octanol–water partition coefficient (Wildman–Crippen LogP) is 4.12. The van der Waals surface area contributed by atoms with Crippen molar-refractivity contribution in [3.63, 3.8) is 0 Å². The highest BCUT2D eigenvalue weighted by molar-refractivity contribution is 5.94. The number of carbonyl (C=O) groups excluding carboxylic acids is 1. The standard InChI is InChI=1S/C22H20F3N5O2/c23-22(24,25)18-13-19(29-20(28-18)14-5-9-26-10-6-14)30-11-7-15(8-12-30)21(32)27-16-3-1-2-4-17(16)31/h1-6,9-10,13,15,31H,7-8,11-12H2,(H,27,32). The summed E-state index contributed by atoms with van der Waals surface area (Å²) < 4.78 is 40.3. The molecule has 1 fully saturated rings. The Balaban J connectivity index is 1.50. The number of alkyl halides is 3. The van der Waals surface area contributed by atoms with Gasteiger partial charge in [-0.1, -0.05) is 12.1 Å². The molecular formula is C22H20F3N5O2. The number of benzene rings is 1. The van der Waals surface area contributed by atoms with Crippen LogP contribution in [0.1, 0.15) is 18.5 Å². The van der Waals surface area contributed by atoms with Crippen LogP contribution in [0.25, 0.3) is 11.4 Å². The topological polar surface area (TPSA) is 91.2 Å². The van der Waals surface area contributed by atoms with Crippen molar-refractivity contribution in [1.82, 2.24) is 15.0 Å². The lowest BCUT2D eigenvalue weighted by Crippen LogP contribution is -2.38. The van der Waals surface area contributed by atoms with Crippen molar-refractivity contribution in [2.24, 2.45) is 5.92 Å². The Bertz CT molecular complexity index is 1100. The first kappa shape index (κ1) is 21.5. The molecule has 0 radical (unpaired) electrons. The zero-order chi connectivity index (χ0) is 22.7. The SMILES string of the molecule is O=C(Nc1ccccc1O)C1CCN(c2cc(C(F)(F)F)nc(-c3ccncc3)n2)CC1. The maximum atomic E-state index is 13.4. The summed E-state index contributed by atoms with van der Waals surface area (Å²) in [5, 5.41) is 12.5. The van der Waals surface area contributed by atoms with E-state index in [0.717, 1.165) is 6.07 Å². The fourth-order valence-electron chi connectivity index (χ4n) is 3.56. The van der Waals surface area contributed by atoms with Crippen LogP contribution in [-0.4, -0.2) is 39.1 Å². The van der Waals surface area contributed by atoms with Crippen LogP contribution in [0.4, 0.5) is 24.7 Å². The molecule has 32 heavy (non-hydrogen) atoms. The van der Waals surface area contributed by atoms with Gasteiger partial charge >= 0.3 is 6.18 Å². The van der Waals surface area contributed by atoms with Gasteiger partial charge < -0.3 is 15.3 Å². The molecule has 1 aromatic carbocycles. The first-order chi connectivity index (χ1) is 15.3. The Morgan fingerprint density at radius 3 is 2.41 bits per heavy atom. The van der Waals surface area contributed by atoms with E-state index >= 15 is 0 Å². The summed E-state index contributed by atoms with van der Waals surface area (Å²) in [4.78, 5) is 26.2. The lowest BCUT2D eigenvalue weighted by Gasteiger charge is -2.32. The number of nitrogens with one attached hydrogen (secondary N) is 1. The first-order valence-corrected chi connectivity index (χ1v) is 10.0. The molecule has 0 unspecified atom stereocenters. The predicted molar refractivity (Wildman–Crippen MR) is 112 cm³/mol. The Labute approximate surface area is 182 Å². The number of phenols is 1. The number of phenolic OH excluding ortho intramolecular Hbond substituents is 1. The van der Waals surface area contributed by atoms with E-state index in [1.165, 1.54) is 18.5 Å². The molecule has 4 rings (SSSR count). The van der Waals surface area contributed by atoms with E-state index in [-0.39, 0.29) is 29.2 Å². The molecule has 1 saturated heterocycles. The Morgan fingerprint density at radius 2 is 1.75 bits per heavy atom. The van der Waals surface area contributed by atoms with Crippen LogP contribution < -0.4 is 10.2 Å². The third-order valence-electron chi connectivity index (χ3n) is 5.29. The number of halogens is 3. The Hall–Kier alpha value is -3.69. The number of hydrogen-bond donors (Lipinski definition) is 2. The normalized spacial score (nSPS) is 14.9. The van der Waals surface area contributed by atoms with Gasteiger partial charge in [-0.2, -0.15) is 13.2 Å². The molecule has 0 saturated carbocycles. The van der Waals surface area contributed by atoms with E-state index in [4.69, 9.17) is 0 Å². The zero-order valence-corrected chi connectivity index (χ0v) is 16.9. The van der Waals surface area contributed by atoms with Crippen LogP contribution in [0.15, 0.2) is 54.9 Å². The highest BCUT2D eigenvalue weighted by atomic mass is 19.4. The summed E-state index contributed by atoms with van der Waals surface area (Å²) in [6.07, 6.45) is -0.805. The maximum absolute atomic E-state index is 13.4. The third kappa shape index (κ3) is 4.79. The van der Waals surface area contributed by atoms with Crippen molar-refractivity contribution in [3.05, 3.63) is 60.6 Å². The number of rotatable bonds is 4. The third-order valence-corrected chi connectivity index (χ3v) is 5.29. The van der Waals surface area contributed by atoms with Crippen molar-refractivity contribution >= 4 is 17.4 Å². The highest BCUT2D eigenvalue weighted by Crippen LogP contribution is 2.33. The number of aromatic nitrogens is 3. The molecule has 1 amide bonds. The minimum Gasteiger partial charge on any atom is -0.506 e.